The molecule has 13 heteroatoms. The molecule has 1 aliphatic rings. The van der Waals surface area contributed by atoms with Gasteiger partial charge in [0.15, 0.2) is 0 Å². The van der Waals surface area contributed by atoms with Crippen molar-refractivity contribution in [2.24, 2.45) is 11.3 Å². The predicted octanol–water partition coefficient (Wildman–Crippen LogP) is 5.42. The first-order chi connectivity index (χ1) is 19.3. The SMILES string of the molecule is Cc1cc(-c2nnc(N[C@@H]3C[C@@H](O)C[C@H](OC(=O)C(C)(C)C)C3)o2)nc2c(C(C)(C)C)cc(N(N)CC(F)(F)F)cc12. The van der Waals surface area contributed by atoms with Crippen LogP contribution >= 0.6 is 0 Å². The largest absolute Gasteiger partial charge is 0.462 e. The first kappa shape index (κ1) is 31.5. The van der Waals surface area contributed by atoms with Crippen molar-refractivity contribution in [1.29, 1.82) is 0 Å². The van der Waals surface area contributed by atoms with Crippen molar-refractivity contribution in [3.05, 3.63) is 29.3 Å². The number of hydrogen-bond acceptors (Lipinski definition) is 10. The van der Waals surface area contributed by atoms with E-state index in [9.17, 15) is 23.1 Å². The van der Waals surface area contributed by atoms with Crippen LogP contribution in [0, 0.1) is 12.3 Å². The van der Waals surface area contributed by atoms with Crippen LogP contribution in [0.1, 0.15) is 71.9 Å². The number of aliphatic hydroxyl groups is 1. The van der Waals surface area contributed by atoms with Crippen molar-refractivity contribution in [2.45, 2.75) is 97.6 Å². The van der Waals surface area contributed by atoms with E-state index in [1.54, 1.807) is 39.0 Å². The first-order valence-corrected chi connectivity index (χ1v) is 13.8. The molecule has 1 aliphatic carbocycles. The van der Waals surface area contributed by atoms with Crippen molar-refractivity contribution in [3.8, 4) is 11.6 Å². The third-order valence-corrected chi connectivity index (χ3v) is 7.09. The minimum Gasteiger partial charge on any atom is -0.462 e. The van der Waals surface area contributed by atoms with Crippen molar-refractivity contribution >= 4 is 28.6 Å². The van der Waals surface area contributed by atoms with Crippen LogP contribution in [0.15, 0.2) is 22.6 Å². The van der Waals surface area contributed by atoms with Gasteiger partial charge in [0.2, 0.25) is 0 Å². The lowest BCUT2D eigenvalue weighted by Gasteiger charge is -2.33. The number of ether oxygens (including phenoxy) is 1. The lowest BCUT2D eigenvalue weighted by Crippen LogP contribution is -2.40. The fraction of sp³-hybridized carbons (Fsp3) is 0.586. The van der Waals surface area contributed by atoms with E-state index < -0.39 is 35.8 Å². The van der Waals surface area contributed by atoms with Gasteiger partial charge in [-0.15, -0.1) is 5.10 Å². The van der Waals surface area contributed by atoms with Crippen molar-refractivity contribution in [1.82, 2.24) is 15.2 Å². The van der Waals surface area contributed by atoms with Gasteiger partial charge >= 0.3 is 18.2 Å². The van der Waals surface area contributed by atoms with Crippen LogP contribution in [0.2, 0.25) is 0 Å². The predicted molar refractivity (Wildman–Crippen MR) is 153 cm³/mol. The number of carbonyl (C=O) groups excluding carboxylic acids is 1. The normalized spacial score (nSPS) is 20.0. The number of aryl methyl sites for hydroxylation is 1. The fourth-order valence-corrected chi connectivity index (χ4v) is 4.95. The molecule has 0 saturated heterocycles. The number of esters is 1. The number of benzene rings is 1. The molecule has 3 atom stereocenters. The number of alkyl halides is 3. The molecule has 1 aromatic carbocycles. The second-order valence-corrected chi connectivity index (χ2v) is 13.1. The quantitative estimate of drug-likeness (QED) is 0.193. The molecular formula is C29H39F3N6O4. The molecule has 0 aliphatic heterocycles. The number of nitrogens with zero attached hydrogens (tertiary/aromatic N) is 4. The Balaban J connectivity index is 1.60. The fourth-order valence-electron chi connectivity index (χ4n) is 4.95. The summed E-state index contributed by atoms with van der Waals surface area (Å²) in [6.45, 7) is 11.7. The van der Waals surface area contributed by atoms with E-state index in [4.69, 9.17) is 20.0 Å². The number of nitrogens with two attached hydrogens (primary N) is 1. The highest BCUT2D eigenvalue weighted by Crippen LogP contribution is 2.37. The number of anilines is 2. The van der Waals surface area contributed by atoms with E-state index in [0.717, 1.165) is 5.56 Å². The molecule has 0 radical (unpaired) electrons. The van der Waals surface area contributed by atoms with Crippen LogP contribution in [0.4, 0.5) is 24.9 Å². The summed E-state index contributed by atoms with van der Waals surface area (Å²) in [5, 5.41) is 23.1. The molecular weight excluding hydrogens is 553 g/mol. The summed E-state index contributed by atoms with van der Waals surface area (Å²) in [5.74, 6) is 5.62. The van der Waals surface area contributed by atoms with E-state index in [0.29, 0.717) is 46.4 Å². The molecule has 2 heterocycles. The third kappa shape index (κ3) is 7.49. The summed E-state index contributed by atoms with van der Waals surface area (Å²) in [4.78, 5) is 17.1. The van der Waals surface area contributed by atoms with E-state index in [2.05, 4.69) is 15.5 Å². The summed E-state index contributed by atoms with van der Waals surface area (Å²) in [6, 6.07) is 4.81. The van der Waals surface area contributed by atoms with Gasteiger partial charge in [-0.25, -0.2) is 10.8 Å². The molecule has 2 aromatic heterocycles. The molecule has 1 fully saturated rings. The summed E-state index contributed by atoms with van der Waals surface area (Å²) in [7, 11) is 0. The van der Waals surface area contributed by atoms with Gasteiger partial charge in [-0.3, -0.25) is 4.79 Å². The van der Waals surface area contributed by atoms with Gasteiger partial charge in [0, 0.05) is 24.3 Å². The monoisotopic (exact) mass is 592 g/mol. The molecule has 10 nitrogen and oxygen atoms in total. The minimum atomic E-state index is -4.46. The van der Waals surface area contributed by atoms with E-state index in [1.807, 2.05) is 27.7 Å². The third-order valence-electron chi connectivity index (χ3n) is 7.09. The Bertz CT molecular complexity index is 1440. The highest BCUT2D eigenvalue weighted by molar-refractivity contribution is 5.91. The molecule has 0 unspecified atom stereocenters. The zero-order chi connectivity index (χ0) is 31.2. The number of carbonyl (C=O) groups is 1. The molecule has 3 aromatic rings. The van der Waals surface area contributed by atoms with Gasteiger partial charge in [0.1, 0.15) is 18.3 Å². The van der Waals surface area contributed by atoms with E-state index in [-0.39, 0.29) is 29.6 Å². The van der Waals surface area contributed by atoms with Crippen molar-refractivity contribution < 1.29 is 32.2 Å². The van der Waals surface area contributed by atoms with Crippen molar-refractivity contribution in [2.75, 3.05) is 16.9 Å². The number of pyridine rings is 1. The van der Waals surface area contributed by atoms with Crippen LogP contribution in [0.25, 0.3) is 22.5 Å². The van der Waals surface area contributed by atoms with Crippen LogP contribution in [-0.4, -0.2) is 57.2 Å². The second-order valence-electron chi connectivity index (χ2n) is 13.1. The van der Waals surface area contributed by atoms with Gasteiger partial charge in [-0.1, -0.05) is 25.9 Å². The standard InChI is InChI=1S/C29H39F3N6O4/c1-15-8-22(35-23-20(15)11-17(12-21(23)27(2,3)4)38(33)14-29(30,31)32)24-36-37-26(42-24)34-16-9-18(39)13-19(10-16)41-25(40)28(5,6)7/h8,11-12,16,18-19,39H,9-10,13-14,33H2,1-7H3,(H,34,37)/t16-,18-,19-/m1/s1. The summed E-state index contributed by atoms with van der Waals surface area (Å²) < 4.78 is 50.7. The molecule has 42 heavy (non-hydrogen) atoms. The number of halogens is 3. The number of hydrazine groups is 1. The van der Waals surface area contributed by atoms with Gasteiger partial charge in [-0.2, -0.15) is 13.2 Å². The Morgan fingerprint density at radius 1 is 1.12 bits per heavy atom. The molecule has 4 rings (SSSR count). The topological polar surface area (TPSA) is 140 Å². The number of fused-ring (bicyclic) bond motifs is 1. The Kier molecular flexibility index (Phi) is 8.49. The summed E-state index contributed by atoms with van der Waals surface area (Å²) >= 11 is 0. The lowest BCUT2D eigenvalue weighted by atomic mass is 9.84. The highest BCUT2D eigenvalue weighted by atomic mass is 19.4. The molecule has 0 spiro atoms. The highest BCUT2D eigenvalue weighted by Gasteiger charge is 2.34. The van der Waals surface area contributed by atoms with Gasteiger partial charge in [-0.05, 0) is 68.9 Å². The minimum absolute atomic E-state index is 0.127. The Hall–Kier alpha value is -3.45. The number of aromatic nitrogens is 3. The number of nitrogens with one attached hydrogen (secondary N) is 1. The Labute approximate surface area is 242 Å². The smallest absolute Gasteiger partial charge is 0.407 e. The molecule has 230 valence electrons. The lowest BCUT2D eigenvalue weighted by molar-refractivity contribution is -0.161. The number of aliphatic hydroxyl groups excluding tert-OH is 1. The summed E-state index contributed by atoms with van der Waals surface area (Å²) in [6.07, 6.45) is -4.34. The molecule has 1 saturated carbocycles. The Morgan fingerprint density at radius 2 is 1.81 bits per heavy atom. The average molecular weight is 593 g/mol. The molecule has 0 bridgehead atoms. The maximum absolute atomic E-state index is 13.0. The van der Waals surface area contributed by atoms with Crippen LogP contribution in [0.3, 0.4) is 0 Å². The molecule has 4 N–H and O–H groups in total. The van der Waals surface area contributed by atoms with Crippen LogP contribution in [0.5, 0.6) is 0 Å². The first-order valence-electron chi connectivity index (χ1n) is 13.8. The van der Waals surface area contributed by atoms with Crippen LogP contribution in [-0.2, 0) is 14.9 Å². The number of hydrogen-bond donors (Lipinski definition) is 3. The van der Waals surface area contributed by atoms with Crippen molar-refractivity contribution in [3.63, 3.8) is 0 Å². The maximum atomic E-state index is 13.0. The maximum Gasteiger partial charge on any atom is 0.407 e. The van der Waals surface area contributed by atoms with Crippen LogP contribution < -0.4 is 16.2 Å². The van der Waals surface area contributed by atoms with E-state index >= 15 is 0 Å². The summed E-state index contributed by atoms with van der Waals surface area (Å²) in [5.41, 5.74) is 1.55. The Morgan fingerprint density at radius 3 is 2.43 bits per heavy atom. The zero-order valence-electron chi connectivity index (χ0n) is 25.0. The van der Waals surface area contributed by atoms with Gasteiger partial charge < -0.3 is 24.6 Å². The van der Waals surface area contributed by atoms with Gasteiger partial charge in [0.25, 0.3) is 5.89 Å². The zero-order valence-corrected chi connectivity index (χ0v) is 25.0. The number of rotatable bonds is 6. The second kappa shape index (κ2) is 11.3. The molecule has 0 amide bonds. The van der Waals surface area contributed by atoms with Gasteiger partial charge in [0.05, 0.1) is 22.7 Å². The average Bonchev–Trinajstić information content (AvgIpc) is 3.29. The van der Waals surface area contributed by atoms with E-state index in [1.165, 1.54) is 0 Å².